The minimum atomic E-state index is -0.544. The zero-order chi connectivity index (χ0) is 14.3. The highest BCUT2D eigenvalue weighted by molar-refractivity contribution is 9.10. The first kappa shape index (κ1) is 14.5. The third-order valence-electron chi connectivity index (χ3n) is 2.59. The first-order valence-electron chi connectivity index (χ1n) is 5.35. The lowest BCUT2D eigenvalue weighted by atomic mass is 10.1. The normalized spacial score (nSPS) is 11.0. The van der Waals surface area contributed by atoms with Gasteiger partial charge in [0, 0.05) is 0 Å². The number of halogens is 3. The number of hydrogen-bond acceptors (Lipinski definition) is 4. The fourth-order valence-electron chi connectivity index (χ4n) is 1.78. The Labute approximate surface area is 127 Å². The van der Waals surface area contributed by atoms with Crippen molar-refractivity contribution in [3.8, 4) is 5.75 Å². The van der Waals surface area contributed by atoms with Crippen molar-refractivity contribution < 1.29 is 19.1 Å². The van der Waals surface area contributed by atoms with Gasteiger partial charge in [-0.05, 0) is 29.8 Å². The quantitative estimate of drug-likeness (QED) is 0.617. The van der Waals surface area contributed by atoms with Gasteiger partial charge in [0.2, 0.25) is 0 Å². The number of aromatic hydroxyl groups is 1. The lowest BCUT2D eigenvalue weighted by molar-refractivity contribution is 0.0526. The van der Waals surface area contributed by atoms with Gasteiger partial charge < -0.3 is 14.3 Å². The van der Waals surface area contributed by atoms with Crippen LogP contribution in [-0.4, -0.2) is 17.7 Å². The maximum Gasteiger partial charge on any atom is 0.342 e. The Hall–Kier alpha value is -0.910. The van der Waals surface area contributed by atoms with Gasteiger partial charge in [0.25, 0.3) is 0 Å². The van der Waals surface area contributed by atoms with E-state index in [4.69, 9.17) is 32.4 Å². The monoisotopic (exact) mass is 366 g/mol. The lowest BCUT2D eigenvalue weighted by Gasteiger charge is -2.05. The smallest absolute Gasteiger partial charge is 0.342 e. The number of fused-ring (bicyclic) bond motifs is 1. The maximum absolute atomic E-state index is 11.9. The van der Waals surface area contributed by atoms with Gasteiger partial charge in [-0.2, -0.15) is 0 Å². The van der Waals surface area contributed by atoms with E-state index in [9.17, 15) is 9.90 Å². The first-order valence-corrected chi connectivity index (χ1v) is 6.90. The third-order valence-corrected chi connectivity index (χ3v) is 4.19. The molecule has 1 aromatic carbocycles. The van der Waals surface area contributed by atoms with E-state index in [1.54, 1.807) is 13.8 Å². The van der Waals surface area contributed by atoms with Crippen molar-refractivity contribution in [2.75, 3.05) is 6.61 Å². The zero-order valence-corrected chi connectivity index (χ0v) is 13.1. The molecule has 0 saturated carbocycles. The molecule has 0 saturated heterocycles. The molecule has 0 amide bonds. The predicted octanol–water partition coefficient (Wildman–Crippen LogP) is 4.69. The summed E-state index contributed by atoms with van der Waals surface area (Å²) in [6.07, 6.45) is 0. The molecule has 0 radical (unpaired) electrons. The number of phenolic OH excluding ortho intramolecular Hbond substituents is 1. The molecule has 19 heavy (non-hydrogen) atoms. The van der Waals surface area contributed by atoms with Gasteiger partial charge in [0.15, 0.2) is 11.3 Å². The van der Waals surface area contributed by atoms with Crippen LogP contribution in [-0.2, 0) is 4.74 Å². The van der Waals surface area contributed by atoms with Crippen LogP contribution in [0.15, 0.2) is 8.89 Å². The van der Waals surface area contributed by atoms with Crippen LogP contribution in [0.3, 0.4) is 0 Å². The van der Waals surface area contributed by atoms with E-state index < -0.39 is 5.97 Å². The molecule has 1 heterocycles. The summed E-state index contributed by atoms with van der Waals surface area (Å²) in [5.41, 5.74) is 0.453. The van der Waals surface area contributed by atoms with Crippen molar-refractivity contribution in [2.45, 2.75) is 13.8 Å². The standard InChI is InChI=1S/C12H9BrCl2O4/c1-3-18-12(17)5-4(2)19-11-6(5)7(13)10(16)8(14)9(11)15/h16H,3H2,1-2H3. The molecule has 0 aliphatic carbocycles. The molecular formula is C12H9BrCl2O4. The van der Waals surface area contributed by atoms with E-state index in [0.717, 1.165) is 0 Å². The summed E-state index contributed by atoms with van der Waals surface area (Å²) in [6, 6.07) is 0. The first-order chi connectivity index (χ1) is 8.90. The number of rotatable bonds is 2. The second kappa shape index (κ2) is 5.23. The van der Waals surface area contributed by atoms with Crippen molar-refractivity contribution in [3.63, 3.8) is 0 Å². The van der Waals surface area contributed by atoms with Crippen LogP contribution in [0.5, 0.6) is 5.75 Å². The number of phenols is 1. The van der Waals surface area contributed by atoms with Gasteiger partial charge >= 0.3 is 5.97 Å². The van der Waals surface area contributed by atoms with Crippen LogP contribution < -0.4 is 0 Å². The van der Waals surface area contributed by atoms with Crippen LogP contribution in [0, 0.1) is 6.92 Å². The van der Waals surface area contributed by atoms with Gasteiger partial charge in [-0.1, -0.05) is 23.2 Å². The van der Waals surface area contributed by atoms with E-state index >= 15 is 0 Å². The Balaban J connectivity index is 2.87. The largest absolute Gasteiger partial charge is 0.505 e. The SMILES string of the molecule is CCOC(=O)c1c(C)oc2c(Cl)c(Cl)c(O)c(Br)c12. The molecule has 2 aromatic rings. The van der Waals surface area contributed by atoms with Crippen LogP contribution in [0.25, 0.3) is 11.0 Å². The number of carbonyl (C=O) groups is 1. The number of aryl methyl sites for hydroxylation is 1. The maximum atomic E-state index is 11.9. The lowest BCUT2D eigenvalue weighted by Crippen LogP contribution is -2.05. The number of furan rings is 1. The molecule has 0 spiro atoms. The number of benzene rings is 1. The molecule has 0 unspecified atom stereocenters. The second-order valence-electron chi connectivity index (χ2n) is 3.75. The Bertz CT molecular complexity index is 678. The Kier molecular flexibility index (Phi) is 3.99. The molecule has 0 bridgehead atoms. The van der Waals surface area contributed by atoms with Crippen molar-refractivity contribution in [3.05, 3.63) is 25.8 Å². The average Bonchev–Trinajstić information content (AvgIpc) is 2.72. The highest BCUT2D eigenvalue weighted by atomic mass is 79.9. The van der Waals surface area contributed by atoms with E-state index in [0.29, 0.717) is 11.1 Å². The van der Waals surface area contributed by atoms with Gasteiger partial charge in [-0.15, -0.1) is 0 Å². The number of carbonyl (C=O) groups excluding carboxylic acids is 1. The van der Waals surface area contributed by atoms with Crippen molar-refractivity contribution in [1.82, 2.24) is 0 Å². The zero-order valence-electron chi connectivity index (χ0n) is 10.0. The molecule has 0 atom stereocenters. The fourth-order valence-corrected chi connectivity index (χ4v) is 2.87. The van der Waals surface area contributed by atoms with Crippen LogP contribution >= 0.6 is 39.1 Å². The summed E-state index contributed by atoms with van der Waals surface area (Å²) in [7, 11) is 0. The molecule has 0 aliphatic rings. The van der Waals surface area contributed by atoms with Crippen molar-refractivity contribution in [1.29, 1.82) is 0 Å². The molecule has 1 N–H and O–H groups in total. The molecule has 0 fully saturated rings. The predicted molar refractivity (Wildman–Crippen MR) is 76.3 cm³/mol. The number of ether oxygens (including phenoxy) is 1. The molecule has 7 heteroatoms. The summed E-state index contributed by atoms with van der Waals surface area (Å²) in [6.45, 7) is 3.54. The minimum absolute atomic E-state index is 0.0369. The molecule has 0 aliphatic heterocycles. The molecular weight excluding hydrogens is 359 g/mol. The van der Waals surface area contributed by atoms with Crippen LogP contribution in [0.4, 0.5) is 0 Å². The van der Waals surface area contributed by atoms with E-state index in [2.05, 4.69) is 15.9 Å². The summed E-state index contributed by atoms with van der Waals surface area (Å²) in [5, 5.41) is 10.2. The summed E-state index contributed by atoms with van der Waals surface area (Å²) >= 11 is 15.1. The van der Waals surface area contributed by atoms with E-state index in [1.165, 1.54) is 0 Å². The third kappa shape index (κ3) is 2.20. The van der Waals surface area contributed by atoms with Gasteiger partial charge in [0.1, 0.15) is 21.4 Å². The summed E-state index contributed by atoms with van der Waals surface area (Å²) in [4.78, 5) is 11.9. The van der Waals surface area contributed by atoms with Gasteiger partial charge in [0.05, 0.1) is 16.5 Å². The van der Waals surface area contributed by atoms with Crippen LogP contribution in [0.1, 0.15) is 23.0 Å². The van der Waals surface area contributed by atoms with E-state index in [-0.39, 0.29) is 38.0 Å². The Morgan fingerprint density at radius 3 is 2.63 bits per heavy atom. The highest BCUT2D eigenvalue weighted by Crippen LogP contribution is 2.47. The van der Waals surface area contributed by atoms with Crippen LogP contribution in [0.2, 0.25) is 10.0 Å². The molecule has 2 rings (SSSR count). The molecule has 102 valence electrons. The highest BCUT2D eigenvalue weighted by Gasteiger charge is 2.27. The topological polar surface area (TPSA) is 59.7 Å². The number of esters is 1. The second-order valence-corrected chi connectivity index (χ2v) is 5.30. The van der Waals surface area contributed by atoms with Gasteiger partial charge in [-0.3, -0.25) is 0 Å². The van der Waals surface area contributed by atoms with E-state index in [1.807, 2.05) is 0 Å². The fraction of sp³-hybridized carbons (Fsp3) is 0.250. The Morgan fingerprint density at radius 1 is 1.42 bits per heavy atom. The Morgan fingerprint density at radius 2 is 2.05 bits per heavy atom. The summed E-state index contributed by atoms with van der Waals surface area (Å²) in [5.74, 6) is -0.444. The minimum Gasteiger partial charge on any atom is -0.505 e. The van der Waals surface area contributed by atoms with Crippen molar-refractivity contribution >= 4 is 56.1 Å². The molecule has 4 nitrogen and oxygen atoms in total. The molecule has 1 aromatic heterocycles. The average molecular weight is 368 g/mol. The number of hydrogen-bond donors (Lipinski definition) is 1. The summed E-state index contributed by atoms with van der Waals surface area (Å²) < 4.78 is 10.7. The van der Waals surface area contributed by atoms with Gasteiger partial charge in [-0.25, -0.2) is 4.79 Å². The van der Waals surface area contributed by atoms with Crippen molar-refractivity contribution in [2.24, 2.45) is 0 Å².